The quantitative estimate of drug-likeness (QED) is 0.853. The summed E-state index contributed by atoms with van der Waals surface area (Å²) >= 11 is 5.80. The van der Waals surface area contributed by atoms with Crippen molar-refractivity contribution >= 4 is 23.5 Å². The van der Waals surface area contributed by atoms with E-state index in [1.54, 1.807) is 49.4 Å². The molecule has 0 unspecified atom stereocenters. The van der Waals surface area contributed by atoms with Gasteiger partial charge in [-0.25, -0.2) is 4.79 Å². The number of hydrogen-bond acceptors (Lipinski definition) is 3. The van der Waals surface area contributed by atoms with Crippen molar-refractivity contribution in [1.29, 1.82) is 0 Å². The summed E-state index contributed by atoms with van der Waals surface area (Å²) in [6, 6.07) is 13.5. The summed E-state index contributed by atoms with van der Waals surface area (Å²) in [5.41, 5.74) is 2.33. The molecule has 0 aliphatic heterocycles. The van der Waals surface area contributed by atoms with E-state index in [4.69, 9.17) is 16.3 Å². The van der Waals surface area contributed by atoms with Gasteiger partial charge >= 0.3 is 5.97 Å². The molecule has 1 N–H and O–H groups in total. The van der Waals surface area contributed by atoms with Crippen LogP contribution in [0.3, 0.4) is 0 Å². The highest BCUT2D eigenvalue weighted by Gasteiger charge is 2.18. The van der Waals surface area contributed by atoms with Gasteiger partial charge in [-0.2, -0.15) is 0 Å². The van der Waals surface area contributed by atoms with Crippen molar-refractivity contribution in [3.05, 3.63) is 70.2 Å². The Morgan fingerprint density at radius 1 is 1.17 bits per heavy atom. The van der Waals surface area contributed by atoms with Crippen LogP contribution in [0.4, 0.5) is 0 Å². The highest BCUT2D eigenvalue weighted by Crippen LogP contribution is 2.10. The van der Waals surface area contributed by atoms with Crippen molar-refractivity contribution in [3.63, 3.8) is 0 Å². The predicted octanol–water partition coefficient (Wildman–Crippen LogP) is 3.51. The number of esters is 1. The van der Waals surface area contributed by atoms with Crippen molar-refractivity contribution in [3.8, 4) is 0 Å². The van der Waals surface area contributed by atoms with E-state index < -0.39 is 12.0 Å². The van der Waals surface area contributed by atoms with E-state index in [2.05, 4.69) is 5.32 Å². The van der Waals surface area contributed by atoms with Gasteiger partial charge < -0.3 is 10.1 Å². The summed E-state index contributed by atoms with van der Waals surface area (Å²) in [6.45, 7) is 3.64. The standard InChI is InChI=1S/C18H18ClNO3/c1-12-4-3-5-15(10-12)17(21)20-13(2)18(22)23-11-14-6-8-16(19)9-7-14/h3-10,13H,11H2,1-2H3,(H,20,21)/t13-/m0/s1. The highest BCUT2D eigenvalue weighted by molar-refractivity contribution is 6.30. The second-order valence-corrected chi connectivity index (χ2v) is 5.74. The fraction of sp³-hybridized carbons (Fsp3) is 0.222. The molecule has 2 aromatic carbocycles. The van der Waals surface area contributed by atoms with Crippen LogP contribution in [0.1, 0.15) is 28.4 Å². The molecule has 0 aliphatic rings. The van der Waals surface area contributed by atoms with Gasteiger partial charge in [0.25, 0.3) is 5.91 Å². The molecule has 0 fully saturated rings. The molecular weight excluding hydrogens is 314 g/mol. The summed E-state index contributed by atoms with van der Waals surface area (Å²) in [4.78, 5) is 24.0. The number of amides is 1. The van der Waals surface area contributed by atoms with Crippen LogP contribution in [0.5, 0.6) is 0 Å². The van der Waals surface area contributed by atoms with E-state index in [-0.39, 0.29) is 12.5 Å². The van der Waals surface area contributed by atoms with Gasteiger partial charge in [0, 0.05) is 10.6 Å². The van der Waals surface area contributed by atoms with Gasteiger partial charge in [-0.1, -0.05) is 41.4 Å². The monoisotopic (exact) mass is 331 g/mol. The average Bonchev–Trinajstić information content (AvgIpc) is 2.54. The summed E-state index contributed by atoms with van der Waals surface area (Å²) in [5.74, 6) is -0.786. The Morgan fingerprint density at radius 2 is 1.87 bits per heavy atom. The third-order valence-electron chi connectivity index (χ3n) is 3.28. The summed E-state index contributed by atoms with van der Waals surface area (Å²) in [5, 5.41) is 3.26. The second kappa shape index (κ2) is 7.79. The summed E-state index contributed by atoms with van der Waals surface area (Å²) in [7, 11) is 0. The Morgan fingerprint density at radius 3 is 2.52 bits per heavy atom. The number of aryl methyl sites for hydroxylation is 1. The van der Waals surface area contributed by atoms with Crippen molar-refractivity contribution in [2.45, 2.75) is 26.5 Å². The third-order valence-corrected chi connectivity index (χ3v) is 3.53. The van der Waals surface area contributed by atoms with Crippen LogP contribution >= 0.6 is 11.6 Å². The Labute approximate surface area is 140 Å². The molecule has 2 aromatic rings. The maximum atomic E-state index is 12.1. The van der Waals surface area contributed by atoms with E-state index in [9.17, 15) is 9.59 Å². The lowest BCUT2D eigenvalue weighted by Gasteiger charge is -2.13. The number of nitrogens with one attached hydrogen (secondary N) is 1. The zero-order chi connectivity index (χ0) is 16.8. The number of ether oxygens (including phenoxy) is 1. The molecule has 1 amide bonds. The van der Waals surface area contributed by atoms with Gasteiger partial charge in [0.15, 0.2) is 0 Å². The van der Waals surface area contributed by atoms with Crippen LogP contribution in [0.2, 0.25) is 5.02 Å². The minimum absolute atomic E-state index is 0.140. The van der Waals surface area contributed by atoms with Gasteiger partial charge in [0.1, 0.15) is 12.6 Å². The molecule has 0 radical (unpaired) electrons. The number of rotatable bonds is 5. The molecule has 0 aliphatic carbocycles. The maximum Gasteiger partial charge on any atom is 0.328 e. The lowest BCUT2D eigenvalue weighted by atomic mass is 10.1. The molecular formula is C18H18ClNO3. The first kappa shape index (κ1) is 17.0. The van der Waals surface area contributed by atoms with E-state index in [0.717, 1.165) is 11.1 Å². The van der Waals surface area contributed by atoms with Crippen LogP contribution < -0.4 is 5.32 Å². The first-order valence-electron chi connectivity index (χ1n) is 7.24. The number of carbonyl (C=O) groups is 2. The highest BCUT2D eigenvalue weighted by atomic mass is 35.5. The van der Waals surface area contributed by atoms with Gasteiger partial charge in [0.2, 0.25) is 0 Å². The van der Waals surface area contributed by atoms with Crippen LogP contribution in [0, 0.1) is 6.92 Å². The fourth-order valence-electron chi connectivity index (χ4n) is 1.99. The molecule has 0 bridgehead atoms. The lowest BCUT2D eigenvalue weighted by Crippen LogP contribution is -2.39. The molecule has 23 heavy (non-hydrogen) atoms. The van der Waals surface area contributed by atoms with Gasteiger partial charge in [-0.15, -0.1) is 0 Å². The summed E-state index contributed by atoms with van der Waals surface area (Å²) in [6.07, 6.45) is 0. The van der Waals surface area contributed by atoms with Crippen LogP contribution in [0.25, 0.3) is 0 Å². The largest absolute Gasteiger partial charge is 0.459 e. The Bertz CT molecular complexity index is 698. The van der Waals surface area contributed by atoms with Crippen LogP contribution in [-0.2, 0) is 16.1 Å². The minimum atomic E-state index is -0.727. The topological polar surface area (TPSA) is 55.4 Å². The smallest absolute Gasteiger partial charge is 0.328 e. The van der Waals surface area contributed by atoms with Crippen molar-refractivity contribution in [2.24, 2.45) is 0 Å². The zero-order valence-electron chi connectivity index (χ0n) is 13.0. The van der Waals surface area contributed by atoms with Crippen LogP contribution in [0.15, 0.2) is 48.5 Å². The van der Waals surface area contributed by atoms with E-state index in [1.165, 1.54) is 0 Å². The first-order valence-corrected chi connectivity index (χ1v) is 7.62. The fourth-order valence-corrected chi connectivity index (χ4v) is 2.11. The number of benzene rings is 2. The molecule has 0 saturated carbocycles. The third kappa shape index (κ3) is 5.11. The molecule has 120 valence electrons. The Balaban J connectivity index is 1.87. The lowest BCUT2D eigenvalue weighted by molar-refractivity contribution is -0.146. The molecule has 4 nitrogen and oxygen atoms in total. The normalized spacial score (nSPS) is 11.6. The average molecular weight is 332 g/mol. The molecule has 0 spiro atoms. The second-order valence-electron chi connectivity index (χ2n) is 5.30. The number of hydrogen-bond donors (Lipinski definition) is 1. The predicted molar refractivity (Wildman–Crippen MR) is 89.4 cm³/mol. The number of carbonyl (C=O) groups excluding carboxylic acids is 2. The molecule has 2 rings (SSSR count). The van der Waals surface area contributed by atoms with E-state index in [0.29, 0.717) is 10.6 Å². The van der Waals surface area contributed by atoms with Crippen molar-refractivity contribution in [1.82, 2.24) is 5.32 Å². The molecule has 0 aromatic heterocycles. The molecule has 0 saturated heterocycles. The van der Waals surface area contributed by atoms with Gasteiger partial charge in [-0.05, 0) is 43.7 Å². The van der Waals surface area contributed by atoms with E-state index in [1.807, 2.05) is 13.0 Å². The molecule has 5 heteroatoms. The van der Waals surface area contributed by atoms with Crippen molar-refractivity contribution in [2.75, 3.05) is 0 Å². The SMILES string of the molecule is Cc1cccc(C(=O)N[C@@H](C)C(=O)OCc2ccc(Cl)cc2)c1. The minimum Gasteiger partial charge on any atom is -0.459 e. The Hall–Kier alpha value is -2.33. The van der Waals surface area contributed by atoms with Gasteiger partial charge in [0.05, 0.1) is 0 Å². The van der Waals surface area contributed by atoms with E-state index >= 15 is 0 Å². The molecule has 1 atom stereocenters. The Kier molecular flexibility index (Phi) is 5.77. The zero-order valence-corrected chi connectivity index (χ0v) is 13.8. The first-order chi connectivity index (χ1) is 11.0. The van der Waals surface area contributed by atoms with Crippen LogP contribution in [-0.4, -0.2) is 17.9 Å². The maximum absolute atomic E-state index is 12.1. The van der Waals surface area contributed by atoms with Gasteiger partial charge in [-0.3, -0.25) is 4.79 Å². The van der Waals surface area contributed by atoms with Crippen molar-refractivity contribution < 1.29 is 14.3 Å². The number of halogens is 1. The molecule has 0 heterocycles. The summed E-state index contributed by atoms with van der Waals surface area (Å²) < 4.78 is 5.19.